The van der Waals surface area contributed by atoms with Crippen LogP contribution in [-0.4, -0.2) is 4.98 Å². The van der Waals surface area contributed by atoms with Gasteiger partial charge >= 0.3 is 0 Å². The summed E-state index contributed by atoms with van der Waals surface area (Å²) in [5.41, 5.74) is 1.41. The Morgan fingerprint density at radius 1 is 1.11 bits per heavy atom. The van der Waals surface area contributed by atoms with Crippen molar-refractivity contribution in [3.05, 3.63) is 54.0 Å². The lowest BCUT2D eigenvalue weighted by atomic mass is 9.88. The third-order valence-electron chi connectivity index (χ3n) is 2.54. The molecule has 0 atom stereocenters. The van der Waals surface area contributed by atoms with Gasteiger partial charge in [-0.05, 0) is 35.6 Å². The second-order valence-electron chi connectivity index (χ2n) is 5.79. The molecule has 0 radical (unpaired) electrons. The number of halogens is 1. The van der Waals surface area contributed by atoms with E-state index >= 15 is 0 Å². The van der Waals surface area contributed by atoms with Crippen LogP contribution in [0.5, 0.6) is 11.6 Å². The molecule has 0 saturated heterocycles. The number of pyridine rings is 1. The van der Waals surface area contributed by atoms with Crippen LogP contribution in [0.2, 0.25) is 0 Å². The molecule has 100 valence electrons. The largest absolute Gasteiger partial charge is 0.439 e. The van der Waals surface area contributed by atoms with Gasteiger partial charge in [-0.25, -0.2) is 0 Å². The SMILES string of the molecule is CC(C)(C)Cc1cccc(Oc2cccc(F)n2)c1. The van der Waals surface area contributed by atoms with Crippen molar-refractivity contribution in [1.29, 1.82) is 0 Å². The van der Waals surface area contributed by atoms with E-state index in [-0.39, 0.29) is 11.3 Å². The van der Waals surface area contributed by atoms with Crippen molar-refractivity contribution in [3.63, 3.8) is 0 Å². The molecule has 0 spiro atoms. The maximum absolute atomic E-state index is 13.0. The average molecular weight is 259 g/mol. The molecule has 0 aliphatic rings. The van der Waals surface area contributed by atoms with Crippen molar-refractivity contribution < 1.29 is 9.13 Å². The van der Waals surface area contributed by atoms with Crippen LogP contribution >= 0.6 is 0 Å². The van der Waals surface area contributed by atoms with Gasteiger partial charge in [0.1, 0.15) is 5.75 Å². The highest BCUT2D eigenvalue weighted by molar-refractivity contribution is 5.32. The Hall–Kier alpha value is -1.90. The minimum atomic E-state index is -0.539. The Morgan fingerprint density at radius 2 is 1.84 bits per heavy atom. The first-order valence-electron chi connectivity index (χ1n) is 6.32. The van der Waals surface area contributed by atoms with E-state index in [2.05, 4.69) is 31.8 Å². The minimum absolute atomic E-state index is 0.218. The lowest BCUT2D eigenvalue weighted by Crippen LogP contribution is -2.08. The molecule has 1 heterocycles. The smallest absolute Gasteiger partial charge is 0.221 e. The topological polar surface area (TPSA) is 22.1 Å². The molecular formula is C16H18FNO. The summed E-state index contributed by atoms with van der Waals surface area (Å²) < 4.78 is 18.5. The fourth-order valence-electron chi connectivity index (χ4n) is 1.90. The van der Waals surface area contributed by atoms with Crippen molar-refractivity contribution in [2.75, 3.05) is 0 Å². The highest BCUT2D eigenvalue weighted by atomic mass is 19.1. The van der Waals surface area contributed by atoms with Gasteiger partial charge in [0.25, 0.3) is 0 Å². The average Bonchev–Trinajstić information content (AvgIpc) is 2.27. The van der Waals surface area contributed by atoms with E-state index < -0.39 is 5.95 Å². The standard InChI is InChI=1S/C16H18FNO/c1-16(2,3)11-12-6-4-7-13(10-12)19-15-9-5-8-14(17)18-15/h4-10H,11H2,1-3H3. The van der Waals surface area contributed by atoms with Crippen LogP contribution in [0.4, 0.5) is 4.39 Å². The third-order valence-corrected chi connectivity index (χ3v) is 2.54. The molecule has 0 unspecified atom stereocenters. The molecule has 2 aromatic rings. The molecule has 1 aromatic heterocycles. The zero-order valence-electron chi connectivity index (χ0n) is 11.5. The molecular weight excluding hydrogens is 241 g/mol. The van der Waals surface area contributed by atoms with Crippen molar-refractivity contribution in [3.8, 4) is 11.6 Å². The number of hydrogen-bond donors (Lipinski definition) is 0. The van der Waals surface area contributed by atoms with Crippen molar-refractivity contribution in [2.24, 2.45) is 5.41 Å². The van der Waals surface area contributed by atoms with Crippen LogP contribution < -0.4 is 4.74 Å². The number of aromatic nitrogens is 1. The molecule has 0 aliphatic heterocycles. The fraction of sp³-hybridized carbons (Fsp3) is 0.312. The zero-order chi connectivity index (χ0) is 13.9. The van der Waals surface area contributed by atoms with Gasteiger partial charge < -0.3 is 4.74 Å². The molecule has 0 fully saturated rings. The van der Waals surface area contributed by atoms with E-state index in [0.717, 1.165) is 6.42 Å². The number of rotatable bonds is 3. The Balaban J connectivity index is 2.15. The fourth-order valence-corrected chi connectivity index (χ4v) is 1.90. The van der Waals surface area contributed by atoms with Crippen LogP contribution in [0.3, 0.4) is 0 Å². The van der Waals surface area contributed by atoms with Crippen LogP contribution in [-0.2, 0) is 6.42 Å². The predicted molar refractivity (Wildman–Crippen MR) is 73.9 cm³/mol. The molecule has 0 aliphatic carbocycles. The van der Waals surface area contributed by atoms with E-state index in [0.29, 0.717) is 5.75 Å². The van der Waals surface area contributed by atoms with Gasteiger partial charge in [0.2, 0.25) is 11.8 Å². The van der Waals surface area contributed by atoms with Crippen LogP contribution in [0, 0.1) is 11.4 Å². The van der Waals surface area contributed by atoms with E-state index in [1.807, 2.05) is 18.2 Å². The molecule has 2 nitrogen and oxygen atoms in total. The molecule has 3 heteroatoms. The Labute approximate surface area is 113 Å². The number of ether oxygens (including phenoxy) is 1. The first kappa shape index (κ1) is 13.5. The molecule has 0 bridgehead atoms. The Bertz CT molecular complexity index is 561. The number of hydrogen-bond acceptors (Lipinski definition) is 2. The molecule has 1 aromatic carbocycles. The maximum Gasteiger partial charge on any atom is 0.221 e. The van der Waals surface area contributed by atoms with Gasteiger partial charge in [0.05, 0.1) is 0 Å². The van der Waals surface area contributed by atoms with Gasteiger partial charge in [-0.3, -0.25) is 0 Å². The molecule has 0 amide bonds. The lowest BCUT2D eigenvalue weighted by Gasteiger charge is -2.18. The summed E-state index contributed by atoms with van der Waals surface area (Å²) in [6.07, 6.45) is 0.959. The highest BCUT2D eigenvalue weighted by Gasteiger charge is 2.11. The van der Waals surface area contributed by atoms with Crippen molar-refractivity contribution in [1.82, 2.24) is 4.98 Å². The van der Waals surface area contributed by atoms with Gasteiger partial charge in [-0.2, -0.15) is 9.37 Å². The summed E-state index contributed by atoms with van der Waals surface area (Å²) in [6, 6.07) is 12.3. The van der Waals surface area contributed by atoms with Crippen LogP contribution in [0.15, 0.2) is 42.5 Å². The summed E-state index contributed by atoms with van der Waals surface area (Å²) in [4.78, 5) is 3.68. The third kappa shape index (κ3) is 4.36. The summed E-state index contributed by atoms with van der Waals surface area (Å²) in [5.74, 6) is 0.413. The first-order valence-corrected chi connectivity index (χ1v) is 6.32. The van der Waals surface area contributed by atoms with Crippen LogP contribution in [0.1, 0.15) is 26.3 Å². The Morgan fingerprint density at radius 3 is 2.53 bits per heavy atom. The maximum atomic E-state index is 13.0. The van der Waals surface area contributed by atoms with Crippen molar-refractivity contribution >= 4 is 0 Å². The monoisotopic (exact) mass is 259 g/mol. The van der Waals surface area contributed by atoms with Crippen LogP contribution in [0.25, 0.3) is 0 Å². The summed E-state index contributed by atoms with van der Waals surface area (Å²) in [5, 5.41) is 0. The van der Waals surface area contributed by atoms with Gasteiger partial charge in [0.15, 0.2) is 0 Å². The van der Waals surface area contributed by atoms with Gasteiger partial charge in [0, 0.05) is 6.07 Å². The lowest BCUT2D eigenvalue weighted by molar-refractivity contribution is 0.408. The summed E-state index contributed by atoms with van der Waals surface area (Å²) in [6.45, 7) is 6.57. The summed E-state index contributed by atoms with van der Waals surface area (Å²) >= 11 is 0. The molecule has 19 heavy (non-hydrogen) atoms. The van der Waals surface area contributed by atoms with Gasteiger partial charge in [-0.15, -0.1) is 0 Å². The quantitative estimate of drug-likeness (QED) is 0.751. The number of benzene rings is 1. The van der Waals surface area contributed by atoms with E-state index in [4.69, 9.17) is 4.74 Å². The number of nitrogens with zero attached hydrogens (tertiary/aromatic N) is 1. The van der Waals surface area contributed by atoms with E-state index in [1.165, 1.54) is 11.6 Å². The van der Waals surface area contributed by atoms with E-state index in [1.54, 1.807) is 12.1 Å². The van der Waals surface area contributed by atoms with Crippen molar-refractivity contribution in [2.45, 2.75) is 27.2 Å². The second-order valence-corrected chi connectivity index (χ2v) is 5.79. The molecule has 2 rings (SSSR count). The molecule has 0 N–H and O–H groups in total. The first-order chi connectivity index (χ1) is 8.92. The minimum Gasteiger partial charge on any atom is -0.439 e. The normalized spacial score (nSPS) is 11.4. The second kappa shape index (κ2) is 5.39. The Kier molecular flexibility index (Phi) is 3.84. The molecule has 0 saturated carbocycles. The highest BCUT2D eigenvalue weighted by Crippen LogP contribution is 2.25. The van der Waals surface area contributed by atoms with Gasteiger partial charge in [-0.1, -0.05) is 39.0 Å². The predicted octanol–water partition coefficient (Wildman–Crippen LogP) is 4.60. The summed E-state index contributed by atoms with van der Waals surface area (Å²) in [7, 11) is 0. The zero-order valence-corrected chi connectivity index (χ0v) is 11.5. The van der Waals surface area contributed by atoms with E-state index in [9.17, 15) is 4.39 Å².